The quantitative estimate of drug-likeness (QED) is 0.422. The SMILES string of the molecule is CC(=O)c1ccccc1P(=O)(O)O.[NaH]. The zero-order valence-electron chi connectivity index (χ0n) is 6.97. The van der Waals surface area contributed by atoms with Crippen molar-refractivity contribution in [1.82, 2.24) is 0 Å². The van der Waals surface area contributed by atoms with E-state index in [4.69, 9.17) is 9.79 Å². The van der Waals surface area contributed by atoms with Crippen LogP contribution in [0.25, 0.3) is 0 Å². The number of hydrogen-bond donors (Lipinski definition) is 2. The van der Waals surface area contributed by atoms with Gasteiger partial charge in [-0.25, -0.2) is 0 Å². The number of carbonyl (C=O) groups excluding carboxylic acids is 1. The maximum absolute atomic E-state index is 11.0. The summed E-state index contributed by atoms with van der Waals surface area (Å²) in [6.45, 7) is 1.27. The fourth-order valence-electron chi connectivity index (χ4n) is 1.03. The topological polar surface area (TPSA) is 74.6 Å². The van der Waals surface area contributed by atoms with Crippen LogP contribution in [-0.4, -0.2) is 45.1 Å². The molecule has 0 saturated heterocycles. The molecule has 4 nitrogen and oxygen atoms in total. The molecule has 0 aliphatic heterocycles. The molecule has 0 aliphatic rings. The molecule has 0 bridgehead atoms. The summed E-state index contributed by atoms with van der Waals surface area (Å²) in [5, 5.41) is -0.206. The van der Waals surface area contributed by atoms with Gasteiger partial charge < -0.3 is 9.79 Å². The van der Waals surface area contributed by atoms with Crippen LogP contribution in [0.5, 0.6) is 0 Å². The van der Waals surface area contributed by atoms with Crippen LogP contribution in [0.15, 0.2) is 24.3 Å². The van der Waals surface area contributed by atoms with E-state index in [2.05, 4.69) is 0 Å². The average Bonchev–Trinajstić information content (AvgIpc) is 2.03. The Balaban J connectivity index is 0.00000169. The Morgan fingerprint density at radius 3 is 2.14 bits per heavy atom. The van der Waals surface area contributed by atoms with Gasteiger partial charge in [0.1, 0.15) is 0 Å². The van der Waals surface area contributed by atoms with E-state index in [1.165, 1.54) is 25.1 Å². The third-order valence-electron chi connectivity index (χ3n) is 1.60. The van der Waals surface area contributed by atoms with Crippen LogP contribution in [0.4, 0.5) is 0 Å². The average molecular weight is 224 g/mol. The van der Waals surface area contributed by atoms with Crippen LogP contribution in [0.3, 0.4) is 0 Å². The van der Waals surface area contributed by atoms with Crippen LogP contribution in [0.1, 0.15) is 17.3 Å². The maximum atomic E-state index is 11.0. The molecule has 0 fully saturated rings. The number of hydrogen-bond acceptors (Lipinski definition) is 2. The third kappa shape index (κ3) is 3.31. The second kappa shape index (κ2) is 5.21. The molecule has 0 unspecified atom stereocenters. The Morgan fingerprint density at radius 2 is 1.79 bits per heavy atom. The Kier molecular flexibility index (Phi) is 5.23. The molecule has 0 aliphatic carbocycles. The molecule has 6 heteroatoms. The van der Waals surface area contributed by atoms with Gasteiger partial charge in [-0.15, -0.1) is 0 Å². The standard InChI is InChI=1S/C8H9O4P.Na.H/c1-6(9)7-4-2-3-5-8(7)13(10,11)12;;/h2-5H,1H3,(H2,10,11,12);;. The van der Waals surface area contributed by atoms with Gasteiger partial charge in [-0.2, -0.15) is 0 Å². The van der Waals surface area contributed by atoms with E-state index in [-0.39, 0.29) is 46.2 Å². The summed E-state index contributed by atoms with van der Waals surface area (Å²) in [4.78, 5) is 28.7. The number of ketones is 1. The summed E-state index contributed by atoms with van der Waals surface area (Å²) in [7, 11) is -4.33. The number of Topliss-reactive ketones (excluding diaryl/α,β-unsaturated/α-hetero) is 1. The second-order valence-corrected chi connectivity index (χ2v) is 4.19. The van der Waals surface area contributed by atoms with E-state index < -0.39 is 7.60 Å². The van der Waals surface area contributed by atoms with Gasteiger partial charge in [0.2, 0.25) is 0 Å². The van der Waals surface area contributed by atoms with Gasteiger partial charge in [0, 0.05) is 5.56 Å². The molecule has 0 heterocycles. The second-order valence-electron chi connectivity index (χ2n) is 2.62. The number of carbonyl (C=O) groups is 1. The summed E-state index contributed by atoms with van der Waals surface area (Å²) >= 11 is 0. The fraction of sp³-hybridized carbons (Fsp3) is 0.125. The molecule has 14 heavy (non-hydrogen) atoms. The molecular formula is C8H10NaO4P. The van der Waals surface area contributed by atoms with Gasteiger partial charge in [-0.05, 0) is 13.0 Å². The van der Waals surface area contributed by atoms with Crippen molar-refractivity contribution in [3.05, 3.63) is 29.8 Å². The Labute approximate surface area is 104 Å². The Hall–Kier alpha value is 0.0400. The van der Waals surface area contributed by atoms with E-state index in [0.29, 0.717) is 0 Å². The van der Waals surface area contributed by atoms with Gasteiger partial charge in [0.05, 0.1) is 5.30 Å². The van der Waals surface area contributed by atoms with E-state index in [1.54, 1.807) is 6.07 Å². The summed E-state index contributed by atoms with van der Waals surface area (Å²) in [5.74, 6) is -0.348. The minimum atomic E-state index is -4.33. The van der Waals surface area contributed by atoms with E-state index in [0.717, 1.165) is 0 Å². The predicted molar refractivity (Wildman–Crippen MR) is 55.3 cm³/mol. The molecule has 72 valence electrons. The van der Waals surface area contributed by atoms with E-state index >= 15 is 0 Å². The molecule has 1 aromatic carbocycles. The van der Waals surface area contributed by atoms with Crippen LogP contribution >= 0.6 is 7.60 Å². The molecule has 2 N–H and O–H groups in total. The zero-order chi connectivity index (χ0) is 10.1. The van der Waals surface area contributed by atoms with E-state index in [1.807, 2.05) is 0 Å². The summed E-state index contributed by atoms with van der Waals surface area (Å²) in [6.07, 6.45) is 0. The molecule has 1 aromatic rings. The van der Waals surface area contributed by atoms with Crippen LogP contribution < -0.4 is 5.30 Å². The van der Waals surface area contributed by atoms with Gasteiger partial charge >= 0.3 is 37.2 Å². The fourth-order valence-corrected chi connectivity index (χ4v) is 1.85. The van der Waals surface area contributed by atoms with Crippen molar-refractivity contribution in [2.24, 2.45) is 0 Å². The minimum absolute atomic E-state index is 0. The monoisotopic (exact) mass is 224 g/mol. The van der Waals surface area contributed by atoms with Crippen molar-refractivity contribution in [2.45, 2.75) is 6.92 Å². The number of benzene rings is 1. The van der Waals surface area contributed by atoms with Crippen LogP contribution in [0, 0.1) is 0 Å². The van der Waals surface area contributed by atoms with Gasteiger partial charge in [0.25, 0.3) is 0 Å². The Morgan fingerprint density at radius 1 is 1.29 bits per heavy atom. The molecule has 0 amide bonds. The molecular weight excluding hydrogens is 214 g/mol. The summed E-state index contributed by atoms with van der Waals surface area (Å²) in [6, 6.07) is 5.71. The van der Waals surface area contributed by atoms with Gasteiger partial charge in [-0.1, -0.05) is 18.2 Å². The van der Waals surface area contributed by atoms with Crippen molar-refractivity contribution >= 4 is 48.2 Å². The van der Waals surface area contributed by atoms with Crippen molar-refractivity contribution in [1.29, 1.82) is 0 Å². The first-order valence-electron chi connectivity index (χ1n) is 3.59. The van der Waals surface area contributed by atoms with Gasteiger partial charge in [0.15, 0.2) is 5.78 Å². The van der Waals surface area contributed by atoms with Crippen molar-refractivity contribution in [3.63, 3.8) is 0 Å². The first kappa shape index (κ1) is 14.0. The third-order valence-corrected chi connectivity index (χ3v) is 2.61. The normalized spacial score (nSPS) is 10.5. The molecule has 1 rings (SSSR count). The first-order valence-corrected chi connectivity index (χ1v) is 5.20. The first-order chi connectivity index (χ1) is 5.93. The van der Waals surface area contributed by atoms with Crippen molar-refractivity contribution in [2.75, 3.05) is 0 Å². The number of rotatable bonds is 2. The molecule has 0 aromatic heterocycles. The molecule has 0 saturated carbocycles. The summed E-state index contributed by atoms with van der Waals surface area (Å²) in [5.41, 5.74) is 0.0795. The van der Waals surface area contributed by atoms with E-state index in [9.17, 15) is 9.36 Å². The molecule has 0 radical (unpaired) electrons. The van der Waals surface area contributed by atoms with Crippen LogP contribution in [0.2, 0.25) is 0 Å². The molecule has 0 atom stereocenters. The van der Waals surface area contributed by atoms with Crippen molar-refractivity contribution in [3.8, 4) is 0 Å². The summed E-state index contributed by atoms with van der Waals surface area (Å²) < 4.78 is 10.9. The van der Waals surface area contributed by atoms with Crippen molar-refractivity contribution < 1.29 is 19.1 Å². The van der Waals surface area contributed by atoms with Gasteiger partial charge in [-0.3, -0.25) is 9.36 Å². The van der Waals surface area contributed by atoms with Crippen LogP contribution in [-0.2, 0) is 4.57 Å². The predicted octanol–water partition coefficient (Wildman–Crippen LogP) is 0.0437. The molecule has 0 spiro atoms. The Bertz CT molecular complexity index is 385. The zero-order valence-corrected chi connectivity index (χ0v) is 7.86.